The van der Waals surface area contributed by atoms with E-state index in [0.717, 1.165) is 22.6 Å². The molecule has 0 bridgehead atoms. The Hall–Kier alpha value is -2.82. The molecule has 24 heavy (non-hydrogen) atoms. The number of carboxylic acids is 1. The lowest BCUT2D eigenvalue weighted by molar-refractivity contribution is 0.0697. The zero-order chi connectivity index (χ0) is 19.2. The average Bonchev–Trinajstić information content (AvgIpc) is 2.85. The Morgan fingerprint density at radius 3 is 2.50 bits per heavy atom. The van der Waals surface area contributed by atoms with Gasteiger partial charge in [0.25, 0.3) is 0 Å². The van der Waals surface area contributed by atoms with E-state index in [-0.39, 0.29) is 5.56 Å². The molecule has 0 aliphatic carbocycles. The molecular weight excluding hydrogens is 302 g/mol. The highest BCUT2D eigenvalue weighted by Crippen LogP contribution is 2.35. The number of carbonyl (C=O) groups is 1. The molecule has 0 aliphatic heterocycles. The zero-order valence-electron chi connectivity index (χ0n) is 16.2. The summed E-state index contributed by atoms with van der Waals surface area (Å²) in [5.41, 5.74) is 4.36. The maximum absolute atomic E-state index is 11.6. The van der Waals surface area contributed by atoms with Crippen molar-refractivity contribution in [2.24, 2.45) is 7.05 Å². The molecule has 0 radical (unpaired) electrons. The topological polar surface area (TPSA) is 58.4 Å². The van der Waals surface area contributed by atoms with Crippen molar-refractivity contribution in [2.45, 2.75) is 20.8 Å². The summed E-state index contributed by atoms with van der Waals surface area (Å²) in [6, 6.07) is 8.83. The summed E-state index contributed by atoms with van der Waals surface area (Å²) in [6.07, 6.45) is 0. The first-order valence-electron chi connectivity index (χ1n) is 8.78. The summed E-state index contributed by atoms with van der Waals surface area (Å²) in [5, 5.41) is 9.52. The standard InChI is InChI=1S/C19H21N3O2/c1-11-7-6-8-12(2)18(11)22(5)16-10-14(19(23)24)9-15-17(16)20-13(3)21(15)4/h6-10H,1-5H3,(H,23,24)/i5D2. The van der Waals surface area contributed by atoms with E-state index in [2.05, 4.69) is 4.98 Å². The van der Waals surface area contributed by atoms with Gasteiger partial charge in [-0.25, -0.2) is 9.78 Å². The molecule has 1 N–H and O–H groups in total. The van der Waals surface area contributed by atoms with Gasteiger partial charge in [-0.3, -0.25) is 0 Å². The van der Waals surface area contributed by atoms with Gasteiger partial charge >= 0.3 is 5.97 Å². The van der Waals surface area contributed by atoms with Crippen molar-refractivity contribution < 1.29 is 12.6 Å². The highest BCUT2D eigenvalue weighted by Gasteiger charge is 2.19. The van der Waals surface area contributed by atoms with Gasteiger partial charge in [0, 0.05) is 22.5 Å². The molecule has 0 fully saturated rings. The largest absolute Gasteiger partial charge is 0.478 e. The SMILES string of the molecule is [2H]C([2H])N(c1c(C)cccc1C)c1cc(C(=O)O)cc2c1nc(C)n2C. The molecule has 0 amide bonds. The number of aromatic carboxylic acids is 1. The van der Waals surface area contributed by atoms with Crippen molar-refractivity contribution >= 4 is 28.4 Å². The number of aryl methyl sites for hydroxylation is 4. The summed E-state index contributed by atoms with van der Waals surface area (Å²) in [5.74, 6) is -0.322. The van der Waals surface area contributed by atoms with Crippen LogP contribution in [0.4, 0.5) is 11.4 Å². The van der Waals surface area contributed by atoms with Crippen LogP contribution in [-0.2, 0) is 7.05 Å². The quantitative estimate of drug-likeness (QED) is 0.792. The van der Waals surface area contributed by atoms with Crippen LogP contribution in [-0.4, -0.2) is 27.6 Å². The molecule has 0 aliphatic rings. The van der Waals surface area contributed by atoms with Gasteiger partial charge in [0.2, 0.25) is 0 Å². The van der Waals surface area contributed by atoms with Gasteiger partial charge < -0.3 is 14.6 Å². The van der Waals surface area contributed by atoms with Crippen molar-refractivity contribution in [3.8, 4) is 0 Å². The molecule has 0 saturated carbocycles. The Morgan fingerprint density at radius 1 is 1.25 bits per heavy atom. The van der Waals surface area contributed by atoms with E-state index in [1.165, 1.54) is 11.0 Å². The normalized spacial score (nSPS) is 12.4. The molecule has 5 nitrogen and oxygen atoms in total. The molecule has 1 heterocycles. The van der Waals surface area contributed by atoms with Gasteiger partial charge in [-0.2, -0.15) is 0 Å². The number of imidazole rings is 1. The van der Waals surface area contributed by atoms with Crippen molar-refractivity contribution in [3.63, 3.8) is 0 Å². The Morgan fingerprint density at radius 2 is 1.92 bits per heavy atom. The second-order valence-corrected chi connectivity index (χ2v) is 6.00. The number of anilines is 2. The molecule has 124 valence electrons. The summed E-state index contributed by atoms with van der Waals surface area (Å²) >= 11 is 0. The van der Waals surface area contributed by atoms with Crippen LogP contribution < -0.4 is 4.90 Å². The Bertz CT molecular complexity index is 991. The number of fused-ring (bicyclic) bond motifs is 1. The highest BCUT2D eigenvalue weighted by molar-refractivity contribution is 6.00. The maximum Gasteiger partial charge on any atom is 0.335 e. The number of nitrogens with zero attached hydrogens (tertiary/aromatic N) is 3. The summed E-state index contributed by atoms with van der Waals surface area (Å²) < 4.78 is 18.1. The number of hydrogen-bond donors (Lipinski definition) is 1. The van der Waals surface area contributed by atoms with Crippen LogP contribution in [0.2, 0.25) is 0 Å². The first-order chi connectivity index (χ1) is 12.2. The molecular formula is C19H21N3O2. The van der Waals surface area contributed by atoms with Gasteiger partial charge in [-0.05, 0) is 44.0 Å². The van der Waals surface area contributed by atoms with Gasteiger partial charge in [0.05, 0.1) is 16.8 Å². The number of benzene rings is 2. The third-order valence-corrected chi connectivity index (χ3v) is 4.38. The highest BCUT2D eigenvalue weighted by atomic mass is 16.4. The number of para-hydroxylation sites is 1. The van der Waals surface area contributed by atoms with E-state index in [9.17, 15) is 9.90 Å². The van der Waals surface area contributed by atoms with E-state index < -0.39 is 13.0 Å². The maximum atomic E-state index is 11.6. The molecule has 3 rings (SSSR count). The van der Waals surface area contributed by atoms with Crippen LogP contribution in [0, 0.1) is 20.8 Å². The number of rotatable bonds is 3. The average molecular weight is 325 g/mol. The van der Waals surface area contributed by atoms with Crippen LogP contribution in [0.3, 0.4) is 0 Å². The lowest BCUT2D eigenvalue weighted by atomic mass is 10.1. The number of hydrogen-bond acceptors (Lipinski definition) is 3. The fraction of sp³-hybridized carbons (Fsp3) is 0.263. The smallest absolute Gasteiger partial charge is 0.335 e. The third-order valence-electron chi connectivity index (χ3n) is 4.38. The monoisotopic (exact) mass is 325 g/mol. The van der Waals surface area contributed by atoms with E-state index in [0.29, 0.717) is 16.7 Å². The van der Waals surface area contributed by atoms with E-state index in [1.54, 1.807) is 6.07 Å². The van der Waals surface area contributed by atoms with Crippen molar-refractivity contribution in [3.05, 3.63) is 52.8 Å². The van der Waals surface area contributed by atoms with Crippen LogP contribution in [0.15, 0.2) is 30.3 Å². The fourth-order valence-corrected chi connectivity index (χ4v) is 3.00. The second kappa shape index (κ2) is 5.67. The summed E-state index contributed by atoms with van der Waals surface area (Å²) in [7, 11) is 1.82. The van der Waals surface area contributed by atoms with Crippen molar-refractivity contribution in [1.29, 1.82) is 0 Å². The summed E-state index contributed by atoms with van der Waals surface area (Å²) in [6.45, 7) is 4.32. The van der Waals surface area contributed by atoms with Gasteiger partial charge in [0.1, 0.15) is 11.3 Å². The zero-order valence-corrected chi connectivity index (χ0v) is 14.2. The van der Waals surface area contributed by atoms with Crippen LogP contribution >= 0.6 is 0 Å². The predicted molar refractivity (Wildman–Crippen MR) is 96.4 cm³/mol. The Balaban J connectivity index is 2.40. The van der Waals surface area contributed by atoms with Gasteiger partial charge in [-0.15, -0.1) is 0 Å². The molecule has 0 atom stereocenters. The molecule has 0 unspecified atom stereocenters. The minimum atomic E-state index is -1.36. The summed E-state index contributed by atoms with van der Waals surface area (Å²) in [4.78, 5) is 17.7. The van der Waals surface area contributed by atoms with E-state index in [4.69, 9.17) is 2.74 Å². The number of aromatic nitrogens is 2. The minimum Gasteiger partial charge on any atom is -0.478 e. The third kappa shape index (κ3) is 2.42. The van der Waals surface area contributed by atoms with Crippen molar-refractivity contribution in [1.82, 2.24) is 9.55 Å². The van der Waals surface area contributed by atoms with Crippen molar-refractivity contribution in [2.75, 3.05) is 11.9 Å². The Labute approximate surface area is 144 Å². The lowest BCUT2D eigenvalue weighted by Gasteiger charge is -2.24. The van der Waals surface area contributed by atoms with Crippen LogP contribution in [0.5, 0.6) is 0 Å². The molecule has 5 heteroatoms. The first-order valence-corrected chi connectivity index (χ1v) is 7.62. The molecule has 3 aromatic rings. The molecule has 0 spiro atoms. The second-order valence-electron chi connectivity index (χ2n) is 6.00. The predicted octanol–water partition coefficient (Wildman–Crippen LogP) is 3.96. The van der Waals surface area contributed by atoms with Crippen LogP contribution in [0.1, 0.15) is 30.1 Å². The van der Waals surface area contributed by atoms with E-state index in [1.807, 2.05) is 50.6 Å². The van der Waals surface area contributed by atoms with Crippen LogP contribution in [0.25, 0.3) is 11.0 Å². The number of carboxylic acid groups (broad SMARTS) is 1. The first kappa shape index (κ1) is 13.6. The molecule has 0 saturated heterocycles. The van der Waals surface area contributed by atoms with Gasteiger partial charge in [-0.1, -0.05) is 18.2 Å². The fourth-order valence-electron chi connectivity index (χ4n) is 3.00. The molecule has 2 aromatic carbocycles. The Kier molecular flexibility index (Phi) is 3.21. The van der Waals surface area contributed by atoms with Gasteiger partial charge in [0.15, 0.2) is 0 Å². The van der Waals surface area contributed by atoms with E-state index >= 15 is 0 Å². The minimum absolute atomic E-state index is 0.104. The lowest BCUT2D eigenvalue weighted by Crippen LogP contribution is -2.14. The molecule has 1 aromatic heterocycles.